The Balaban J connectivity index is 0.000000143. The predicted octanol–water partition coefficient (Wildman–Crippen LogP) is 10.7. The molecule has 82 heavy (non-hydrogen) atoms. The number of hydrogen-bond acceptors (Lipinski definition) is 19. The first kappa shape index (κ1) is 56.2. The summed E-state index contributed by atoms with van der Waals surface area (Å²) in [6.45, 7) is 6.10. The van der Waals surface area contributed by atoms with Crippen LogP contribution < -0.4 is 21.8 Å². The van der Waals surface area contributed by atoms with Gasteiger partial charge >= 0.3 is 11.4 Å². The first-order valence-corrected chi connectivity index (χ1v) is 25.6. The van der Waals surface area contributed by atoms with Gasteiger partial charge in [0.15, 0.2) is 0 Å². The molecule has 27 heteroatoms. The highest BCUT2D eigenvalue weighted by molar-refractivity contribution is 6.65. The number of nitrogen functional groups attached to an aromatic ring is 1. The molecular formula is C55H44Cl3N19O5. The van der Waals surface area contributed by atoms with Gasteiger partial charge in [-0.1, -0.05) is 62.9 Å². The topological polar surface area (TPSA) is 324 Å². The minimum Gasteiger partial charge on any atom is -0.399 e. The fraction of sp³-hybridized carbons (Fsp3) is 0.127. The molecule has 7 heterocycles. The number of benzene rings is 5. The van der Waals surface area contributed by atoms with E-state index < -0.39 is 11.4 Å². The summed E-state index contributed by atoms with van der Waals surface area (Å²) >= 11 is 17.1. The second-order valence-electron chi connectivity index (χ2n) is 17.6. The third-order valence-corrected chi connectivity index (χ3v) is 12.4. The highest BCUT2D eigenvalue weighted by atomic mass is 35.5. The SMILES string of the molecule is Cc1nc(-c2ccc(N)cc2)no1.Cc1nc(-c2ccc(NC(=O)Cl)cc2)no1.Cc1nc(-c2ccc(NC(=O)N3CC(n4cc(C#N)cn4)C(c4ccc(Cl)cc4)=N3)cc2)no1.N#Cc1cnn(C2CNN=C2c2ccc(Cl)cc2)c1. The average molecular weight is 1160 g/mol. The number of anilines is 3. The Labute approximate surface area is 481 Å². The van der Waals surface area contributed by atoms with Gasteiger partial charge in [-0.25, -0.2) is 9.80 Å². The molecule has 12 rings (SSSR count). The summed E-state index contributed by atoms with van der Waals surface area (Å²) in [4.78, 5) is 36.0. The molecule has 3 amide bonds. The van der Waals surface area contributed by atoms with Crippen LogP contribution in [0, 0.1) is 43.4 Å². The van der Waals surface area contributed by atoms with E-state index in [2.05, 4.69) is 79.0 Å². The first-order valence-electron chi connectivity index (χ1n) is 24.5. The Morgan fingerprint density at radius 3 is 1.43 bits per heavy atom. The molecule has 5 aromatic carbocycles. The number of aromatic nitrogens is 10. The van der Waals surface area contributed by atoms with Gasteiger partial charge in [-0.15, -0.1) is 0 Å². The van der Waals surface area contributed by atoms with Crippen molar-refractivity contribution in [1.29, 1.82) is 10.5 Å². The number of halogens is 3. The molecule has 2 aliphatic heterocycles. The van der Waals surface area contributed by atoms with Gasteiger partial charge in [0.2, 0.25) is 35.1 Å². The van der Waals surface area contributed by atoms with E-state index in [-0.39, 0.29) is 18.6 Å². The molecule has 0 saturated carbocycles. The van der Waals surface area contributed by atoms with Gasteiger partial charge in [-0.3, -0.25) is 14.2 Å². The monoisotopic (exact) mass is 1160 g/mol. The van der Waals surface area contributed by atoms with Crippen molar-refractivity contribution in [3.8, 4) is 46.3 Å². The van der Waals surface area contributed by atoms with Gasteiger partial charge in [0.1, 0.15) is 24.2 Å². The highest BCUT2D eigenvalue weighted by Gasteiger charge is 2.33. The van der Waals surface area contributed by atoms with Gasteiger partial charge in [0, 0.05) is 88.1 Å². The van der Waals surface area contributed by atoms with Crippen molar-refractivity contribution in [3.05, 3.63) is 196 Å². The van der Waals surface area contributed by atoms with Crippen molar-refractivity contribution < 1.29 is 23.2 Å². The minimum absolute atomic E-state index is 0.0109. The molecule has 24 nitrogen and oxygen atoms in total. The molecule has 2 atom stereocenters. The van der Waals surface area contributed by atoms with Crippen molar-refractivity contribution in [2.45, 2.75) is 32.9 Å². The fourth-order valence-electron chi connectivity index (χ4n) is 7.90. The lowest BCUT2D eigenvalue weighted by atomic mass is 10.0. The van der Waals surface area contributed by atoms with Crippen LogP contribution in [-0.4, -0.2) is 90.9 Å². The maximum absolute atomic E-state index is 13.0. The third-order valence-electron chi connectivity index (χ3n) is 11.8. The number of aryl methyl sites for hydroxylation is 3. The molecule has 410 valence electrons. The zero-order valence-electron chi connectivity index (χ0n) is 43.4. The molecule has 0 fully saturated rings. The van der Waals surface area contributed by atoms with E-state index >= 15 is 0 Å². The largest absolute Gasteiger partial charge is 0.399 e. The van der Waals surface area contributed by atoms with Crippen molar-refractivity contribution in [3.63, 3.8) is 0 Å². The van der Waals surface area contributed by atoms with Gasteiger partial charge in [-0.05, 0) is 109 Å². The van der Waals surface area contributed by atoms with Crippen molar-refractivity contribution in [2.24, 2.45) is 10.2 Å². The molecule has 5 aromatic heterocycles. The number of hydrogen-bond donors (Lipinski definition) is 4. The summed E-state index contributed by atoms with van der Waals surface area (Å²) in [6.07, 6.45) is 6.39. The van der Waals surface area contributed by atoms with E-state index in [1.807, 2.05) is 48.5 Å². The third kappa shape index (κ3) is 14.4. The Hall–Kier alpha value is -10.5. The number of hydrazone groups is 2. The summed E-state index contributed by atoms with van der Waals surface area (Å²) in [6, 6.07) is 39.5. The lowest BCUT2D eigenvalue weighted by Gasteiger charge is -2.16. The Kier molecular flexibility index (Phi) is 17.8. The number of rotatable bonds is 9. The van der Waals surface area contributed by atoms with Crippen LogP contribution in [0.3, 0.4) is 0 Å². The van der Waals surface area contributed by atoms with Crippen LogP contribution in [0.2, 0.25) is 10.0 Å². The van der Waals surface area contributed by atoms with Crippen molar-refractivity contribution >= 4 is 74.7 Å². The average Bonchev–Trinajstić information content (AvgIpc) is 4.37. The van der Waals surface area contributed by atoms with E-state index in [1.54, 1.807) is 122 Å². The lowest BCUT2D eigenvalue weighted by molar-refractivity contribution is 0.215. The van der Waals surface area contributed by atoms with E-state index in [9.17, 15) is 9.59 Å². The number of nitrogens with two attached hydrogens (primary N) is 1. The summed E-state index contributed by atoms with van der Waals surface area (Å²) in [7, 11) is 0. The summed E-state index contributed by atoms with van der Waals surface area (Å²) in [5.41, 5.74) is 17.2. The van der Waals surface area contributed by atoms with Crippen molar-refractivity contribution in [1.82, 2.24) is 60.4 Å². The second-order valence-corrected chi connectivity index (χ2v) is 18.8. The van der Waals surface area contributed by atoms with Crippen LogP contribution >= 0.6 is 34.8 Å². The van der Waals surface area contributed by atoms with Crippen LogP contribution in [0.25, 0.3) is 34.2 Å². The van der Waals surface area contributed by atoms with Gasteiger partial charge in [0.05, 0.1) is 48.0 Å². The number of nitrogens with zero attached hydrogens (tertiary/aromatic N) is 15. The quantitative estimate of drug-likeness (QED) is 0.0593. The lowest BCUT2D eigenvalue weighted by Crippen LogP contribution is -2.31. The minimum atomic E-state index is -0.622. The van der Waals surface area contributed by atoms with Crippen molar-refractivity contribution in [2.75, 3.05) is 29.5 Å². The smallest absolute Gasteiger partial charge is 0.342 e. The Morgan fingerprint density at radius 2 is 1.01 bits per heavy atom. The highest BCUT2D eigenvalue weighted by Crippen LogP contribution is 2.28. The Morgan fingerprint density at radius 1 is 0.598 bits per heavy atom. The van der Waals surface area contributed by atoms with Crippen LogP contribution in [0.4, 0.5) is 26.7 Å². The van der Waals surface area contributed by atoms with E-state index in [0.29, 0.717) is 79.9 Å². The van der Waals surface area contributed by atoms with Gasteiger partial charge in [0.25, 0.3) is 0 Å². The predicted molar refractivity (Wildman–Crippen MR) is 304 cm³/mol. The molecule has 2 unspecified atom stereocenters. The zero-order valence-corrected chi connectivity index (χ0v) is 45.7. The maximum Gasteiger partial charge on any atom is 0.342 e. The molecular weight excluding hydrogens is 1110 g/mol. The summed E-state index contributed by atoms with van der Waals surface area (Å²) in [5, 5.41) is 54.2. The standard InChI is InChI=1S/C23H17ClN8O2.C13H10ClN5.C10H8ClN3O2.C9H9N3O/c1-14-27-22(30-34-14)17-4-8-19(9-5-17)28-23(33)32-13-20(31-12-15(10-25)11-26-31)21(29-32)16-2-6-18(24)7-3-16;14-11-3-1-10(2-4-11)13-12(7-16-18-13)19-8-9(5-15)6-17-19;1-6-12-9(14-16-6)7-2-4-8(5-3-7)13-10(11)15;1-6-11-9(12-13-6)7-2-4-8(10)5-3-7/h2-9,11-12,20H,13H2,1H3,(H,28,33);1-4,6,8,12,16H,7H2;2-5H,1H3,(H,13,15);2-5H,10H2,1H3. The summed E-state index contributed by atoms with van der Waals surface area (Å²) < 4.78 is 18.1. The number of carbonyl (C=O) groups is 2. The van der Waals surface area contributed by atoms with Gasteiger partial charge in [-0.2, -0.15) is 45.9 Å². The number of amides is 3. The zero-order chi connectivity index (χ0) is 57.7. The van der Waals surface area contributed by atoms with Crippen LogP contribution in [0.1, 0.15) is 52.0 Å². The van der Waals surface area contributed by atoms with Crippen LogP contribution in [-0.2, 0) is 0 Å². The molecule has 0 saturated heterocycles. The second kappa shape index (κ2) is 26.0. The molecule has 10 aromatic rings. The van der Waals surface area contributed by atoms with E-state index in [0.717, 1.165) is 39.2 Å². The van der Waals surface area contributed by atoms with E-state index in [4.69, 9.17) is 64.6 Å². The molecule has 0 bridgehead atoms. The molecule has 0 aliphatic carbocycles. The van der Waals surface area contributed by atoms with Crippen LogP contribution in [0.15, 0.2) is 170 Å². The van der Waals surface area contributed by atoms with Gasteiger partial charge < -0.3 is 35.4 Å². The molecule has 2 aliphatic rings. The first-order chi connectivity index (χ1) is 39.7. The number of nitriles is 2. The van der Waals surface area contributed by atoms with Crippen LogP contribution in [0.5, 0.6) is 0 Å². The normalized spacial score (nSPS) is 14.0. The Bertz CT molecular complexity index is 3970. The van der Waals surface area contributed by atoms with E-state index in [1.165, 1.54) is 11.2 Å². The summed E-state index contributed by atoms with van der Waals surface area (Å²) in [5.74, 6) is 3.13. The molecule has 0 spiro atoms. The maximum atomic E-state index is 13.0. The number of urea groups is 1. The number of nitrogens with one attached hydrogen (secondary N) is 3. The molecule has 0 radical (unpaired) electrons. The molecule has 5 N–H and O–H groups in total. The number of carbonyl (C=O) groups excluding carboxylic acids is 2. The fourth-order valence-corrected chi connectivity index (χ4v) is 8.26.